The van der Waals surface area contributed by atoms with E-state index in [0.29, 0.717) is 18.4 Å². The van der Waals surface area contributed by atoms with Gasteiger partial charge in [-0.1, -0.05) is 29.3 Å². The minimum absolute atomic E-state index is 0.00127. The molecule has 0 saturated carbocycles. The van der Waals surface area contributed by atoms with Crippen molar-refractivity contribution in [1.82, 2.24) is 0 Å². The molecule has 256 valence electrons. The largest absolute Gasteiger partial charge is 0.367 e. The van der Waals surface area contributed by atoms with E-state index in [0.717, 1.165) is 48.5 Å². The molecular weight excluding hydrogens is 701 g/mol. The molecule has 16 heteroatoms. The van der Waals surface area contributed by atoms with Crippen LogP contribution in [0.25, 0.3) is 0 Å². The van der Waals surface area contributed by atoms with Crippen LogP contribution >= 0.6 is 23.2 Å². The number of piperidine rings is 1. The standard InChI is InChI=1S/C33H24Cl2F6N4O4/c34-21-14-24(37)19(12-31(21)44(46)47)29-3-4-30(20-13-32(45(48)49)22(35)15-25(20)38)43(29)18-10-27(40)33(28(41)11-18)42-7-5-16(6-8-42)17-1-2-23(36)26(39)9-17/h1-2,9-16,29-30H,3-8H2. The fraction of sp³-hybridized carbons (Fsp3) is 0.273. The van der Waals surface area contributed by atoms with Gasteiger partial charge in [0.05, 0.1) is 21.9 Å². The molecule has 6 rings (SSSR count). The Bertz CT molecular complexity index is 1890. The van der Waals surface area contributed by atoms with Crippen molar-refractivity contribution in [2.45, 2.75) is 43.7 Å². The van der Waals surface area contributed by atoms with Gasteiger partial charge < -0.3 is 9.80 Å². The lowest BCUT2D eigenvalue weighted by Crippen LogP contribution is -2.34. The molecule has 2 aliphatic heterocycles. The van der Waals surface area contributed by atoms with Crippen LogP contribution in [-0.4, -0.2) is 22.9 Å². The highest BCUT2D eigenvalue weighted by molar-refractivity contribution is 6.33. The van der Waals surface area contributed by atoms with Crippen LogP contribution in [0.15, 0.2) is 54.6 Å². The molecule has 0 spiro atoms. The second-order valence-corrected chi connectivity index (χ2v) is 12.7. The highest BCUT2D eigenvalue weighted by Crippen LogP contribution is 2.51. The van der Waals surface area contributed by atoms with Crippen molar-refractivity contribution in [3.8, 4) is 0 Å². The smallest absolute Gasteiger partial charge is 0.288 e. The van der Waals surface area contributed by atoms with Crippen molar-refractivity contribution in [2.24, 2.45) is 0 Å². The van der Waals surface area contributed by atoms with Crippen molar-refractivity contribution in [2.75, 3.05) is 22.9 Å². The molecule has 0 N–H and O–H groups in total. The van der Waals surface area contributed by atoms with Crippen molar-refractivity contribution < 1.29 is 36.2 Å². The Morgan fingerprint density at radius 2 is 1.10 bits per heavy atom. The molecule has 0 amide bonds. The number of nitro benzene ring substituents is 2. The molecule has 2 atom stereocenters. The lowest BCUT2D eigenvalue weighted by molar-refractivity contribution is -0.384. The van der Waals surface area contributed by atoms with Crippen LogP contribution in [0.2, 0.25) is 10.0 Å². The molecule has 8 nitrogen and oxygen atoms in total. The van der Waals surface area contributed by atoms with E-state index < -0.39 is 78.3 Å². The summed E-state index contributed by atoms with van der Waals surface area (Å²) in [5.41, 5.74) is -1.77. The van der Waals surface area contributed by atoms with Crippen LogP contribution in [0.5, 0.6) is 0 Å². The van der Waals surface area contributed by atoms with E-state index in [-0.39, 0.29) is 54.4 Å². The minimum Gasteiger partial charge on any atom is -0.367 e. The Kier molecular flexibility index (Phi) is 9.38. The van der Waals surface area contributed by atoms with E-state index >= 15 is 17.6 Å². The third-order valence-corrected chi connectivity index (χ3v) is 9.76. The number of nitrogens with zero attached hydrogens (tertiary/aromatic N) is 4. The van der Waals surface area contributed by atoms with E-state index in [1.165, 1.54) is 15.9 Å². The Hall–Kier alpha value is -4.56. The summed E-state index contributed by atoms with van der Waals surface area (Å²) in [6.07, 6.45) is 0.758. The van der Waals surface area contributed by atoms with Crippen LogP contribution in [0, 0.1) is 55.1 Å². The van der Waals surface area contributed by atoms with Crippen LogP contribution < -0.4 is 9.80 Å². The first-order valence-corrected chi connectivity index (χ1v) is 15.7. The van der Waals surface area contributed by atoms with Crippen molar-refractivity contribution >= 4 is 46.0 Å². The van der Waals surface area contributed by atoms with E-state index in [2.05, 4.69) is 0 Å². The Morgan fingerprint density at radius 3 is 1.55 bits per heavy atom. The summed E-state index contributed by atoms with van der Waals surface area (Å²) < 4.78 is 90.0. The second kappa shape index (κ2) is 13.4. The van der Waals surface area contributed by atoms with Gasteiger partial charge >= 0.3 is 0 Å². The first-order chi connectivity index (χ1) is 23.2. The van der Waals surface area contributed by atoms with Gasteiger partial charge in [0.1, 0.15) is 27.4 Å². The average molecular weight is 725 g/mol. The van der Waals surface area contributed by atoms with E-state index in [9.17, 15) is 29.0 Å². The fourth-order valence-electron chi connectivity index (χ4n) is 6.89. The molecule has 2 fully saturated rings. The highest BCUT2D eigenvalue weighted by Gasteiger charge is 2.41. The zero-order valence-corrected chi connectivity index (χ0v) is 26.6. The molecule has 2 aliphatic rings. The van der Waals surface area contributed by atoms with Gasteiger partial charge in [-0.2, -0.15) is 0 Å². The summed E-state index contributed by atoms with van der Waals surface area (Å²) >= 11 is 11.8. The van der Waals surface area contributed by atoms with Gasteiger partial charge in [-0.05, 0) is 73.6 Å². The quantitative estimate of drug-likeness (QED) is 0.107. The maximum absolute atomic E-state index is 16.0. The van der Waals surface area contributed by atoms with Crippen LogP contribution in [0.3, 0.4) is 0 Å². The van der Waals surface area contributed by atoms with Gasteiger partial charge in [-0.3, -0.25) is 20.2 Å². The van der Waals surface area contributed by atoms with E-state index in [1.54, 1.807) is 0 Å². The molecule has 4 aromatic rings. The van der Waals surface area contributed by atoms with Crippen molar-refractivity contribution in [1.29, 1.82) is 0 Å². The maximum atomic E-state index is 16.0. The summed E-state index contributed by atoms with van der Waals surface area (Å²) in [5, 5.41) is 22.3. The van der Waals surface area contributed by atoms with E-state index in [1.807, 2.05) is 0 Å². The maximum Gasteiger partial charge on any atom is 0.288 e. The Balaban J connectivity index is 1.39. The zero-order chi connectivity index (χ0) is 35.3. The first kappa shape index (κ1) is 34.3. The SMILES string of the molecule is O=[N+]([O-])c1cc(C2CCC(c3cc([N+](=O)[O-])c(Cl)cc3F)N2c2cc(F)c(N3CCC(c4ccc(F)c(F)c4)CC3)c(F)c2)c(F)cc1Cl. The van der Waals surface area contributed by atoms with Crippen LogP contribution in [0.1, 0.15) is 60.4 Å². The molecule has 2 saturated heterocycles. The predicted molar refractivity (Wildman–Crippen MR) is 170 cm³/mol. The van der Waals surface area contributed by atoms with Gasteiger partial charge in [0.15, 0.2) is 23.3 Å². The lowest BCUT2D eigenvalue weighted by Gasteiger charge is -2.36. The second-order valence-electron chi connectivity index (χ2n) is 11.9. The van der Waals surface area contributed by atoms with Gasteiger partial charge in [0.25, 0.3) is 11.4 Å². The first-order valence-electron chi connectivity index (χ1n) is 15.0. The lowest BCUT2D eigenvalue weighted by atomic mass is 9.89. The topological polar surface area (TPSA) is 92.8 Å². The Labute approximate surface area is 284 Å². The van der Waals surface area contributed by atoms with Gasteiger partial charge in [0, 0.05) is 42.0 Å². The molecule has 49 heavy (non-hydrogen) atoms. The molecule has 0 bridgehead atoms. The number of anilines is 2. The number of rotatable bonds is 7. The number of nitro groups is 2. The molecule has 2 unspecified atom stereocenters. The third kappa shape index (κ3) is 6.46. The minimum atomic E-state index is -1.15. The fourth-order valence-corrected chi connectivity index (χ4v) is 7.32. The van der Waals surface area contributed by atoms with Gasteiger partial charge in [-0.25, -0.2) is 26.3 Å². The Morgan fingerprint density at radius 1 is 0.612 bits per heavy atom. The third-order valence-electron chi connectivity index (χ3n) is 9.15. The zero-order valence-electron chi connectivity index (χ0n) is 25.1. The highest BCUT2D eigenvalue weighted by atomic mass is 35.5. The molecule has 0 radical (unpaired) electrons. The predicted octanol–water partition coefficient (Wildman–Crippen LogP) is 10.1. The average Bonchev–Trinajstić information content (AvgIpc) is 3.46. The summed E-state index contributed by atoms with van der Waals surface area (Å²) in [5.74, 6) is -6.12. The molecule has 2 heterocycles. The summed E-state index contributed by atoms with van der Waals surface area (Å²) in [6.45, 7) is 0.343. The normalized spacial score (nSPS) is 18.3. The number of benzene rings is 4. The van der Waals surface area contributed by atoms with Crippen LogP contribution in [-0.2, 0) is 0 Å². The molecule has 0 aromatic heterocycles. The monoisotopic (exact) mass is 724 g/mol. The number of hydrogen-bond acceptors (Lipinski definition) is 6. The number of hydrogen-bond donors (Lipinski definition) is 0. The van der Waals surface area contributed by atoms with Crippen molar-refractivity contribution in [3.05, 3.63) is 136 Å². The van der Waals surface area contributed by atoms with Gasteiger partial charge in [0.2, 0.25) is 0 Å². The molecule has 0 aliphatic carbocycles. The van der Waals surface area contributed by atoms with Crippen LogP contribution in [0.4, 0.5) is 49.1 Å². The summed E-state index contributed by atoms with van der Waals surface area (Å²) in [4.78, 5) is 24.4. The molecule has 4 aromatic carbocycles. The summed E-state index contributed by atoms with van der Waals surface area (Å²) in [7, 11) is 0. The van der Waals surface area contributed by atoms with E-state index in [4.69, 9.17) is 23.2 Å². The molecular formula is C33H24Cl2F6N4O4. The van der Waals surface area contributed by atoms with Crippen molar-refractivity contribution in [3.63, 3.8) is 0 Å². The number of halogens is 8. The summed E-state index contributed by atoms with van der Waals surface area (Å²) in [6, 6.07) is 6.51. The van der Waals surface area contributed by atoms with Gasteiger partial charge in [-0.15, -0.1) is 0 Å².